The van der Waals surface area contributed by atoms with Gasteiger partial charge in [-0.3, -0.25) is 9.69 Å². The summed E-state index contributed by atoms with van der Waals surface area (Å²) >= 11 is 11.5. The summed E-state index contributed by atoms with van der Waals surface area (Å²) in [6.07, 6.45) is 0. The van der Waals surface area contributed by atoms with Crippen LogP contribution in [0.15, 0.2) is 59.8 Å². The maximum atomic E-state index is 13.8. The fraction of sp³-hybridized carbons (Fsp3) is 0.200. The zero-order chi connectivity index (χ0) is 19.7. The van der Waals surface area contributed by atoms with Gasteiger partial charge in [0.2, 0.25) is 0 Å². The van der Waals surface area contributed by atoms with Crippen molar-refractivity contribution in [3.8, 4) is 0 Å². The number of rotatable bonds is 3. The van der Waals surface area contributed by atoms with Crippen molar-refractivity contribution in [3.63, 3.8) is 0 Å². The molecule has 7 heteroatoms. The van der Waals surface area contributed by atoms with Crippen molar-refractivity contribution >= 4 is 40.5 Å². The first-order valence-corrected chi connectivity index (χ1v) is 9.12. The highest BCUT2D eigenvalue weighted by Gasteiger charge is 2.35. The number of hydrogen-bond acceptors (Lipinski definition) is 2. The third-order valence-corrected chi connectivity index (χ3v) is 4.94. The number of amides is 1. The van der Waals surface area contributed by atoms with E-state index in [1.54, 1.807) is 43.3 Å². The molecule has 0 spiro atoms. The van der Waals surface area contributed by atoms with Gasteiger partial charge in [0.05, 0.1) is 11.6 Å². The maximum Gasteiger partial charge on any atom is 0.253 e. The van der Waals surface area contributed by atoms with Crippen LogP contribution in [-0.4, -0.2) is 30.0 Å². The van der Waals surface area contributed by atoms with E-state index in [1.807, 2.05) is 19.1 Å². The molecule has 3 rings (SSSR count). The topological polar surface area (TPSA) is 35.6 Å². The van der Waals surface area contributed by atoms with Crippen molar-refractivity contribution in [1.82, 2.24) is 10.2 Å². The molecule has 1 heterocycles. The number of likely N-dealkylation sites (N-methyl/N-ethyl adjacent to an activating group) is 1. The molecular formula is C20H19ClFN3OS. The lowest BCUT2D eigenvalue weighted by Gasteiger charge is -2.38. The molecule has 0 unspecified atom stereocenters. The number of carbonyl (C=O) groups excluding carboxylic acids is 1. The van der Waals surface area contributed by atoms with Crippen molar-refractivity contribution in [3.05, 3.63) is 76.2 Å². The minimum absolute atomic E-state index is 0.171. The number of carbonyl (C=O) groups is 1. The Hall–Kier alpha value is -2.44. The van der Waals surface area contributed by atoms with Crippen molar-refractivity contribution in [1.29, 1.82) is 0 Å². The average molecular weight is 404 g/mol. The van der Waals surface area contributed by atoms with Gasteiger partial charge in [0.1, 0.15) is 5.82 Å². The van der Waals surface area contributed by atoms with Crippen molar-refractivity contribution < 1.29 is 9.18 Å². The van der Waals surface area contributed by atoms with E-state index in [9.17, 15) is 9.18 Å². The zero-order valence-corrected chi connectivity index (χ0v) is 16.7. The summed E-state index contributed by atoms with van der Waals surface area (Å²) < 4.78 is 13.8. The molecular weight excluding hydrogens is 385 g/mol. The van der Waals surface area contributed by atoms with E-state index in [2.05, 4.69) is 5.32 Å². The fourth-order valence-electron chi connectivity index (χ4n) is 3.10. The quantitative estimate of drug-likeness (QED) is 0.776. The summed E-state index contributed by atoms with van der Waals surface area (Å²) in [5.41, 5.74) is 2.62. The fourth-order valence-corrected chi connectivity index (χ4v) is 3.58. The Kier molecular flexibility index (Phi) is 5.48. The molecule has 1 atom stereocenters. The first-order valence-electron chi connectivity index (χ1n) is 8.33. The molecule has 0 saturated heterocycles. The molecule has 1 N–H and O–H groups in total. The molecule has 4 nitrogen and oxygen atoms in total. The maximum absolute atomic E-state index is 13.8. The van der Waals surface area contributed by atoms with Gasteiger partial charge >= 0.3 is 0 Å². The number of allylic oxidation sites excluding steroid dienone is 1. The number of nitrogens with zero attached hydrogens (tertiary/aromatic N) is 2. The van der Waals surface area contributed by atoms with E-state index in [0.29, 0.717) is 27.0 Å². The van der Waals surface area contributed by atoms with Crippen molar-refractivity contribution in [2.45, 2.75) is 13.0 Å². The molecule has 2 aromatic rings. The predicted molar refractivity (Wildman–Crippen MR) is 110 cm³/mol. The van der Waals surface area contributed by atoms with Crippen LogP contribution in [0.1, 0.15) is 18.5 Å². The van der Waals surface area contributed by atoms with Gasteiger partial charge in [0.15, 0.2) is 5.11 Å². The van der Waals surface area contributed by atoms with E-state index in [1.165, 1.54) is 17.0 Å². The van der Waals surface area contributed by atoms with E-state index in [4.69, 9.17) is 23.8 Å². The van der Waals surface area contributed by atoms with Crippen LogP contribution in [-0.2, 0) is 4.79 Å². The molecule has 0 fully saturated rings. The van der Waals surface area contributed by atoms with Gasteiger partial charge in [0.25, 0.3) is 5.91 Å². The largest absolute Gasteiger partial charge is 0.351 e. The second-order valence-electron chi connectivity index (χ2n) is 6.45. The summed E-state index contributed by atoms with van der Waals surface area (Å²) in [6.45, 7) is 1.84. The van der Waals surface area contributed by atoms with Crippen LogP contribution in [0.25, 0.3) is 0 Å². The van der Waals surface area contributed by atoms with Crippen LogP contribution >= 0.6 is 23.8 Å². The van der Waals surface area contributed by atoms with Crippen LogP contribution in [0.4, 0.5) is 10.1 Å². The first-order chi connectivity index (χ1) is 12.8. The highest BCUT2D eigenvalue weighted by Crippen LogP contribution is 2.34. The number of benzene rings is 2. The Balaban J connectivity index is 2.16. The second kappa shape index (κ2) is 7.66. The van der Waals surface area contributed by atoms with Gasteiger partial charge in [-0.05, 0) is 61.1 Å². The summed E-state index contributed by atoms with van der Waals surface area (Å²) in [5.74, 6) is -0.537. The van der Waals surface area contributed by atoms with Gasteiger partial charge in [0, 0.05) is 30.5 Å². The monoisotopic (exact) mass is 403 g/mol. The summed E-state index contributed by atoms with van der Waals surface area (Å²) in [4.78, 5) is 16.2. The van der Waals surface area contributed by atoms with Crippen LogP contribution < -0.4 is 10.2 Å². The van der Waals surface area contributed by atoms with Gasteiger partial charge < -0.3 is 10.2 Å². The number of anilines is 1. The lowest BCUT2D eigenvalue weighted by molar-refractivity contribution is -0.125. The molecule has 140 valence electrons. The molecule has 0 radical (unpaired) electrons. The molecule has 1 amide bonds. The highest BCUT2D eigenvalue weighted by atomic mass is 35.5. The third-order valence-electron chi connectivity index (χ3n) is 4.39. The van der Waals surface area contributed by atoms with Gasteiger partial charge in [-0.1, -0.05) is 23.7 Å². The number of nitrogens with one attached hydrogen (secondary N) is 1. The van der Waals surface area contributed by atoms with Crippen LogP contribution in [0, 0.1) is 5.82 Å². The minimum atomic E-state index is -0.536. The van der Waals surface area contributed by atoms with E-state index >= 15 is 0 Å². The Morgan fingerprint density at radius 3 is 2.48 bits per heavy atom. The van der Waals surface area contributed by atoms with Crippen molar-refractivity contribution in [2.75, 3.05) is 19.0 Å². The first kappa shape index (κ1) is 19.3. The van der Waals surface area contributed by atoms with Crippen LogP contribution in [0.5, 0.6) is 0 Å². The summed E-state index contributed by atoms with van der Waals surface area (Å²) in [6, 6.07) is 12.8. The van der Waals surface area contributed by atoms with E-state index in [-0.39, 0.29) is 11.7 Å². The molecule has 0 aliphatic carbocycles. The Morgan fingerprint density at radius 1 is 1.22 bits per heavy atom. The molecule has 1 aliphatic heterocycles. The molecule has 2 aromatic carbocycles. The van der Waals surface area contributed by atoms with E-state index < -0.39 is 6.04 Å². The Morgan fingerprint density at radius 2 is 1.89 bits per heavy atom. The molecule has 0 saturated carbocycles. The Bertz CT molecular complexity index is 927. The smallest absolute Gasteiger partial charge is 0.253 e. The SMILES string of the molecule is CC1=C(C(=O)N(C)C)[C@@H](c2cccc(F)c2)NC(=S)N1c1ccc(Cl)cc1. The second-order valence-corrected chi connectivity index (χ2v) is 7.27. The lowest BCUT2D eigenvalue weighted by Crippen LogP contribution is -2.49. The molecule has 0 bridgehead atoms. The average Bonchev–Trinajstić information content (AvgIpc) is 2.62. The zero-order valence-electron chi connectivity index (χ0n) is 15.2. The summed E-state index contributed by atoms with van der Waals surface area (Å²) in [7, 11) is 3.37. The van der Waals surface area contributed by atoms with Crippen LogP contribution in [0.2, 0.25) is 5.02 Å². The highest BCUT2D eigenvalue weighted by molar-refractivity contribution is 7.80. The van der Waals surface area contributed by atoms with Gasteiger partial charge in [-0.2, -0.15) is 0 Å². The van der Waals surface area contributed by atoms with Crippen molar-refractivity contribution in [2.24, 2.45) is 0 Å². The summed E-state index contributed by atoms with van der Waals surface area (Å²) in [5, 5.41) is 4.23. The van der Waals surface area contributed by atoms with E-state index in [0.717, 1.165) is 5.69 Å². The lowest BCUT2D eigenvalue weighted by atomic mass is 9.93. The minimum Gasteiger partial charge on any atom is -0.351 e. The predicted octanol–water partition coefficient (Wildman–Crippen LogP) is 4.28. The third kappa shape index (κ3) is 3.82. The standard InChI is InChI=1S/C20H19ClFN3OS/c1-12-17(19(26)24(2)3)18(13-5-4-6-15(22)11-13)23-20(27)25(12)16-9-7-14(21)8-10-16/h4-11,18H,1-3H3,(H,23,27)/t18-/m1/s1. The molecule has 1 aliphatic rings. The number of hydrogen-bond donors (Lipinski definition) is 1. The van der Waals surface area contributed by atoms with Crippen LogP contribution in [0.3, 0.4) is 0 Å². The molecule has 0 aromatic heterocycles. The molecule has 27 heavy (non-hydrogen) atoms. The van der Waals surface area contributed by atoms with Gasteiger partial charge in [-0.15, -0.1) is 0 Å². The Labute approximate surface area is 168 Å². The normalized spacial score (nSPS) is 17.0. The number of halogens is 2. The van der Waals surface area contributed by atoms with Gasteiger partial charge in [-0.25, -0.2) is 4.39 Å². The number of thiocarbonyl (C=S) groups is 1.